The van der Waals surface area contributed by atoms with Gasteiger partial charge in [-0.2, -0.15) is 0 Å². The van der Waals surface area contributed by atoms with Crippen LogP contribution in [0.25, 0.3) is 0 Å². The summed E-state index contributed by atoms with van der Waals surface area (Å²) in [4.78, 5) is 25.2. The molecule has 116 valence electrons. The van der Waals surface area contributed by atoms with Crippen LogP contribution in [0.5, 0.6) is 0 Å². The van der Waals surface area contributed by atoms with Gasteiger partial charge >= 0.3 is 0 Å². The first kappa shape index (κ1) is 17.2. The fourth-order valence-electron chi connectivity index (χ4n) is 1.98. The molecule has 0 aliphatic heterocycles. The Bertz CT molecular complexity index is 448. The summed E-state index contributed by atoms with van der Waals surface area (Å²) < 4.78 is 0. The molecule has 2 amide bonds. The molecule has 1 aromatic rings. The van der Waals surface area contributed by atoms with Gasteiger partial charge in [-0.15, -0.1) is 0 Å². The summed E-state index contributed by atoms with van der Waals surface area (Å²) in [6, 6.07) is 9.76. The highest BCUT2D eigenvalue weighted by Crippen LogP contribution is 2.10. The number of hydrogen-bond acceptors (Lipinski definition) is 3. The number of carbonyl (C=O) groups is 2. The van der Waals surface area contributed by atoms with E-state index in [2.05, 4.69) is 10.6 Å². The molecule has 21 heavy (non-hydrogen) atoms. The molecule has 0 spiro atoms. The van der Waals surface area contributed by atoms with E-state index in [1.54, 1.807) is 11.9 Å². The van der Waals surface area contributed by atoms with Gasteiger partial charge in [0.25, 0.3) is 0 Å². The van der Waals surface area contributed by atoms with E-state index < -0.39 is 0 Å². The lowest BCUT2D eigenvalue weighted by atomic mass is 10.1. The Hall–Kier alpha value is -1.88. The van der Waals surface area contributed by atoms with Crippen molar-refractivity contribution in [3.8, 4) is 0 Å². The molecule has 0 heterocycles. The maximum absolute atomic E-state index is 11.9. The average Bonchev–Trinajstić information content (AvgIpc) is 2.45. The molecule has 1 rings (SSSR count). The molecule has 0 aliphatic carbocycles. The van der Waals surface area contributed by atoms with Gasteiger partial charge in [-0.25, -0.2) is 0 Å². The monoisotopic (exact) mass is 291 g/mol. The van der Waals surface area contributed by atoms with Crippen molar-refractivity contribution in [2.24, 2.45) is 0 Å². The number of likely N-dealkylation sites (N-methyl/N-ethyl adjacent to an activating group) is 1. The van der Waals surface area contributed by atoms with Crippen LogP contribution < -0.4 is 10.6 Å². The van der Waals surface area contributed by atoms with Gasteiger partial charge in [0.15, 0.2) is 0 Å². The van der Waals surface area contributed by atoms with Crippen molar-refractivity contribution in [3.63, 3.8) is 0 Å². The molecule has 0 aliphatic rings. The Morgan fingerprint density at radius 2 is 1.76 bits per heavy atom. The quantitative estimate of drug-likeness (QED) is 0.759. The zero-order valence-electron chi connectivity index (χ0n) is 13.1. The van der Waals surface area contributed by atoms with Crippen molar-refractivity contribution >= 4 is 11.8 Å². The van der Waals surface area contributed by atoms with E-state index in [4.69, 9.17) is 0 Å². The van der Waals surface area contributed by atoms with Gasteiger partial charge in [0.1, 0.15) is 0 Å². The predicted molar refractivity (Wildman–Crippen MR) is 83.8 cm³/mol. The lowest BCUT2D eigenvalue weighted by Crippen LogP contribution is -2.41. The summed E-state index contributed by atoms with van der Waals surface area (Å²) in [5.74, 6) is -0.139. The fraction of sp³-hybridized carbons (Fsp3) is 0.500. The molecule has 0 saturated heterocycles. The van der Waals surface area contributed by atoms with Crippen LogP contribution in [0.4, 0.5) is 0 Å². The number of amides is 2. The molecule has 0 aromatic heterocycles. The summed E-state index contributed by atoms with van der Waals surface area (Å²) in [7, 11) is 1.76. The molecule has 1 atom stereocenters. The Balaban J connectivity index is 2.34. The molecule has 0 bridgehead atoms. The number of nitrogens with zero attached hydrogens (tertiary/aromatic N) is 1. The maximum atomic E-state index is 11.9. The molecule has 5 heteroatoms. The smallest absolute Gasteiger partial charge is 0.234 e. The van der Waals surface area contributed by atoms with E-state index >= 15 is 0 Å². The normalized spacial score (nSPS) is 12.0. The topological polar surface area (TPSA) is 61.4 Å². The molecule has 2 N–H and O–H groups in total. The largest absolute Gasteiger partial charge is 0.355 e. The first-order chi connectivity index (χ1) is 10.0. The highest BCUT2D eigenvalue weighted by molar-refractivity contribution is 5.81. The molecule has 0 unspecified atom stereocenters. The third-order valence-electron chi connectivity index (χ3n) is 3.08. The van der Waals surface area contributed by atoms with Crippen molar-refractivity contribution in [2.75, 3.05) is 26.7 Å². The maximum Gasteiger partial charge on any atom is 0.234 e. The number of carbonyl (C=O) groups excluding carboxylic acids is 2. The Morgan fingerprint density at radius 1 is 1.14 bits per heavy atom. The second-order valence-corrected chi connectivity index (χ2v) is 5.22. The summed E-state index contributed by atoms with van der Waals surface area (Å²) in [6.45, 7) is 5.05. The first-order valence-corrected chi connectivity index (χ1v) is 7.32. The molecule has 0 radical (unpaired) electrons. The molecule has 5 nitrogen and oxygen atoms in total. The van der Waals surface area contributed by atoms with Crippen LogP contribution in [-0.4, -0.2) is 43.4 Å². The van der Waals surface area contributed by atoms with Crippen molar-refractivity contribution in [2.45, 2.75) is 26.3 Å². The zero-order valence-corrected chi connectivity index (χ0v) is 13.1. The zero-order chi connectivity index (χ0) is 15.7. The minimum atomic E-state index is -0.0860. The van der Waals surface area contributed by atoms with Crippen molar-refractivity contribution in [3.05, 3.63) is 35.9 Å². The molecular weight excluding hydrogens is 266 g/mol. The molecule has 0 saturated carbocycles. The van der Waals surface area contributed by atoms with Crippen LogP contribution in [0.1, 0.15) is 31.9 Å². The summed E-state index contributed by atoms with van der Waals surface area (Å²) >= 11 is 0. The summed E-state index contributed by atoms with van der Waals surface area (Å²) in [6.07, 6.45) is 0.907. The number of hydrogen-bond donors (Lipinski definition) is 2. The fourth-order valence-corrected chi connectivity index (χ4v) is 1.98. The minimum Gasteiger partial charge on any atom is -0.355 e. The molecule has 0 fully saturated rings. The second kappa shape index (κ2) is 9.13. The number of nitrogens with one attached hydrogen (secondary N) is 2. The van der Waals surface area contributed by atoms with Gasteiger partial charge in [-0.1, -0.05) is 37.3 Å². The van der Waals surface area contributed by atoms with Crippen LogP contribution >= 0.6 is 0 Å². The highest BCUT2D eigenvalue weighted by atomic mass is 16.2. The van der Waals surface area contributed by atoms with Crippen molar-refractivity contribution < 1.29 is 9.59 Å². The highest BCUT2D eigenvalue weighted by Gasteiger charge is 2.13. The summed E-state index contributed by atoms with van der Waals surface area (Å²) in [5, 5.41) is 5.72. The van der Waals surface area contributed by atoms with E-state index in [0.717, 1.165) is 12.0 Å². The SMILES string of the molecule is CCCNC(=O)CN(C)CC(=O)N[C@@H](C)c1ccccc1. The molecular formula is C16H25N3O2. The van der Waals surface area contributed by atoms with Crippen LogP contribution in [0.3, 0.4) is 0 Å². The average molecular weight is 291 g/mol. The Kier molecular flexibility index (Phi) is 7.46. The van der Waals surface area contributed by atoms with Crippen LogP contribution in [0, 0.1) is 0 Å². The van der Waals surface area contributed by atoms with Gasteiger partial charge in [0, 0.05) is 6.54 Å². The lowest BCUT2D eigenvalue weighted by Gasteiger charge is -2.19. The number of benzene rings is 1. The Morgan fingerprint density at radius 3 is 2.38 bits per heavy atom. The lowest BCUT2D eigenvalue weighted by molar-refractivity contribution is -0.124. The van der Waals surface area contributed by atoms with E-state index in [1.165, 1.54) is 0 Å². The first-order valence-electron chi connectivity index (χ1n) is 7.32. The third kappa shape index (κ3) is 6.90. The standard InChI is InChI=1S/C16H25N3O2/c1-4-10-17-15(20)11-19(3)12-16(21)18-13(2)14-8-6-5-7-9-14/h5-9,13H,4,10-12H2,1-3H3,(H,17,20)(H,18,21)/t13-/m0/s1. The van der Waals surface area contributed by atoms with Crippen LogP contribution in [0.2, 0.25) is 0 Å². The van der Waals surface area contributed by atoms with E-state index in [-0.39, 0.29) is 30.9 Å². The van der Waals surface area contributed by atoms with Crippen LogP contribution in [0.15, 0.2) is 30.3 Å². The van der Waals surface area contributed by atoms with E-state index in [9.17, 15) is 9.59 Å². The van der Waals surface area contributed by atoms with Gasteiger partial charge in [-0.3, -0.25) is 14.5 Å². The van der Waals surface area contributed by atoms with Crippen LogP contribution in [-0.2, 0) is 9.59 Å². The molecule has 1 aromatic carbocycles. The summed E-state index contributed by atoms with van der Waals surface area (Å²) in [5.41, 5.74) is 1.06. The van der Waals surface area contributed by atoms with Gasteiger partial charge in [0.2, 0.25) is 11.8 Å². The third-order valence-corrected chi connectivity index (χ3v) is 3.08. The van der Waals surface area contributed by atoms with Crippen molar-refractivity contribution in [1.82, 2.24) is 15.5 Å². The second-order valence-electron chi connectivity index (χ2n) is 5.22. The van der Waals surface area contributed by atoms with Gasteiger partial charge in [0.05, 0.1) is 19.1 Å². The minimum absolute atomic E-state index is 0.0407. The van der Waals surface area contributed by atoms with Crippen molar-refractivity contribution in [1.29, 1.82) is 0 Å². The van der Waals surface area contributed by atoms with E-state index in [0.29, 0.717) is 6.54 Å². The van der Waals surface area contributed by atoms with E-state index in [1.807, 2.05) is 44.2 Å². The Labute approximate surface area is 126 Å². The van der Waals surface area contributed by atoms with Gasteiger partial charge < -0.3 is 10.6 Å². The predicted octanol–water partition coefficient (Wildman–Crippen LogP) is 1.32. The van der Waals surface area contributed by atoms with Gasteiger partial charge in [-0.05, 0) is 26.0 Å². The number of rotatable bonds is 8.